The Hall–Kier alpha value is -3.19. The summed E-state index contributed by atoms with van der Waals surface area (Å²) < 4.78 is 2.15. The average molecular weight is 463 g/mol. The van der Waals surface area contributed by atoms with Crippen molar-refractivity contribution in [1.82, 2.24) is 19.8 Å². The Morgan fingerprint density at radius 1 is 1.18 bits per heavy atom. The standard InChI is InChI=1S/C26H30N4O2S/c1-15(2)14-29-24(23(28-26(29)33)21-8-6-7-11-27-21)20-12-17(4)30(18(20)5)22-13-19(25(31)32)10-9-16(22)3/h6-13,15,23-24H,14H2,1-5H3,(H,28,33)(H,31,32)/t23-,24-/m1/s1. The van der Waals surface area contributed by atoms with Crippen molar-refractivity contribution >= 4 is 23.3 Å². The average Bonchev–Trinajstić information content (AvgIpc) is 3.24. The minimum absolute atomic E-state index is 0.0160. The number of carboxylic acids is 1. The molecule has 1 fully saturated rings. The molecule has 0 amide bonds. The Labute approximate surface area is 200 Å². The molecule has 4 rings (SSSR count). The lowest BCUT2D eigenvalue weighted by Gasteiger charge is -2.29. The van der Waals surface area contributed by atoms with E-state index in [1.54, 1.807) is 12.1 Å². The van der Waals surface area contributed by atoms with Gasteiger partial charge in [0.1, 0.15) is 0 Å². The lowest BCUT2D eigenvalue weighted by molar-refractivity contribution is 0.0697. The molecular formula is C26H30N4O2S. The third kappa shape index (κ3) is 4.25. The molecule has 0 unspecified atom stereocenters. The molecule has 0 spiro atoms. The van der Waals surface area contributed by atoms with E-state index in [1.807, 2.05) is 37.4 Å². The number of nitrogens with zero attached hydrogens (tertiary/aromatic N) is 3. The monoisotopic (exact) mass is 462 g/mol. The Kier molecular flexibility index (Phi) is 6.26. The number of nitrogens with one attached hydrogen (secondary N) is 1. The number of hydrogen-bond acceptors (Lipinski definition) is 3. The summed E-state index contributed by atoms with van der Waals surface area (Å²) in [5.41, 5.74) is 6.42. The highest BCUT2D eigenvalue weighted by molar-refractivity contribution is 7.80. The molecule has 7 heteroatoms. The number of carbonyl (C=O) groups is 1. The van der Waals surface area contributed by atoms with Crippen LogP contribution in [0, 0.1) is 26.7 Å². The smallest absolute Gasteiger partial charge is 0.335 e. The molecule has 2 atom stereocenters. The van der Waals surface area contributed by atoms with Gasteiger partial charge in [0.2, 0.25) is 0 Å². The number of benzene rings is 1. The van der Waals surface area contributed by atoms with Gasteiger partial charge in [-0.25, -0.2) is 4.79 Å². The Bertz CT molecular complexity index is 1200. The molecule has 3 aromatic rings. The highest BCUT2D eigenvalue weighted by Gasteiger charge is 2.41. The van der Waals surface area contributed by atoms with Gasteiger partial charge < -0.3 is 19.9 Å². The van der Waals surface area contributed by atoms with Gasteiger partial charge in [-0.1, -0.05) is 26.0 Å². The summed E-state index contributed by atoms with van der Waals surface area (Å²) in [5.74, 6) is -0.490. The van der Waals surface area contributed by atoms with E-state index < -0.39 is 5.97 Å². The van der Waals surface area contributed by atoms with Crippen LogP contribution < -0.4 is 5.32 Å². The molecule has 0 saturated carbocycles. The predicted molar refractivity (Wildman–Crippen MR) is 134 cm³/mol. The first kappa shape index (κ1) is 23.0. The zero-order valence-electron chi connectivity index (χ0n) is 19.7. The first-order valence-electron chi connectivity index (χ1n) is 11.2. The van der Waals surface area contributed by atoms with Crippen molar-refractivity contribution in [2.45, 2.75) is 46.7 Å². The molecule has 2 N–H and O–H groups in total. The maximum absolute atomic E-state index is 11.6. The minimum atomic E-state index is -0.928. The fourth-order valence-corrected chi connectivity index (χ4v) is 5.09. The van der Waals surface area contributed by atoms with Gasteiger partial charge in [0.15, 0.2) is 5.11 Å². The lowest BCUT2D eigenvalue weighted by atomic mass is 9.96. The van der Waals surface area contributed by atoms with Gasteiger partial charge in [-0.05, 0) is 80.4 Å². The van der Waals surface area contributed by atoms with Gasteiger partial charge in [-0.3, -0.25) is 4.98 Å². The van der Waals surface area contributed by atoms with E-state index in [1.165, 1.54) is 0 Å². The van der Waals surface area contributed by atoms with Gasteiger partial charge in [-0.2, -0.15) is 0 Å². The molecule has 3 heterocycles. The number of aryl methyl sites for hydroxylation is 2. The van der Waals surface area contributed by atoms with Crippen molar-refractivity contribution < 1.29 is 9.90 Å². The topological polar surface area (TPSA) is 70.4 Å². The van der Waals surface area contributed by atoms with Crippen molar-refractivity contribution in [3.8, 4) is 5.69 Å². The number of thiocarbonyl (C=S) groups is 1. The first-order valence-corrected chi connectivity index (χ1v) is 11.6. The van der Waals surface area contributed by atoms with Crippen LogP contribution in [-0.4, -0.2) is 37.2 Å². The van der Waals surface area contributed by atoms with Crippen LogP contribution in [0.25, 0.3) is 5.69 Å². The Morgan fingerprint density at radius 3 is 2.58 bits per heavy atom. The number of pyridine rings is 1. The van der Waals surface area contributed by atoms with Crippen LogP contribution in [0.15, 0.2) is 48.7 Å². The number of aromatic carboxylic acids is 1. The SMILES string of the molecule is Cc1ccc(C(=O)O)cc1-n1c(C)cc([C@@H]2[C@@H](c3ccccn3)NC(=S)N2CC(C)C)c1C. The second-order valence-corrected chi connectivity index (χ2v) is 9.53. The lowest BCUT2D eigenvalue weighted by Crippen LogP contribution is -2.33. The fourth-order valence-electron chi connectivity index (χ4n) is 4.78. The zero-order valence-corrected chi connectivity index (χ0v) is 20.5. The van der Waals surface area contributed by atoms with E-state index in [0.717, 1.165) is 45.6 Å². The largest absolute Gasteiger partial charge is 0.478 e. The predicted octanol–water partition coefficient (Wildman–Crippen LogP) is 5.12. The van der Waals surface area contributed by atoms with Gasteiger partial charge in [-0.15, -0.1) is 0 Å². The van der Waals surface area contributed by atoms with E-state index in [4.69, 9.17) is 12.2 Å². The fraction of sp³-hybridized carbons (Fsp3) is 0.346. The van der Waals surface area contributed by atoms with E-state index in [-0.39, 0.29) is 17.6 Å². The molecule has 1 aliphatic heterocycles. The van der Waals surface area contributed by atoms with Crippen molar-refractivity contribution in [2.24, 2.45) is 5.92 Å². The van der Waals surface area contributed by atoms with Crippen LogP contribution in [0.4, 0.5) is 0 Å². The molecule has 1 saturated heterocycles. The van der Waals surface area contributed by atoms with Crippen LogP contribution in [0.5, 0.6) is 0 Å². The summed E-state index contributed by atoms with van der Waals surface area (Å²) in [7, 11) is 0. The number of aromatic nitrogens is 2. The van der Waals surface area contributed by atoms with Gasteiger partial charge >= 0.3 is 5.97 Å². The van der Waals surface area contributed by atoms with Crippen molar-refractivity contribution in [1.29, 1.82) is 0 Å². The van der Waals surface area contributed by atoms with Crippen LogP contribution in [-0.2, 0) is 0 Å². The Morgan fingerprint density at radius 2 is 1.94 bits per heavy atom. The van der Waals surface area contributed by atoms with Crippen LogP contribution in [0.1, 0.15) is 64.5 Å². The first-order chi connectivity index (χ1) is 15.7. The maximum atomic E-state index is 11.6. The highest BCUT2D eigenvalue weighted by atomic mass is 32.1. The summed E-state index contributed by atoms with van der Waals surface area (Å²) in [6.07, 6.45) is 1.81. The second-order valence-electron chi connectivity index (χ2n) is 9.14. The molecule has 0 aliphatic carbocycles. The molecule has 0 radical (unpaired) electrons. The maximum Gasteiger partial charge on any atom is 0.335 e. The van der Waals surface area contributed by atoms with Crippen molar-refractivity contribution in [2.75, 3.05) is 6.54 Å². The normalized spacial score (nSPS) is 18.1. The van der Waals surface area contributed by atoms with Crippen LogP contribution >= 0.6 is 12.2 Å². The Balaban J connectivity index is 1.87. The summed E-state index contributed by atoms with van der Waals surface area (Å²) in [5, 5.41) is 13.8. The van der Waals surface area contributed by atoms with Crippen LogP contribution in [0.3, 0.4) is 0 Å². The minimum Gasteiger partial charge on any atom is -0.478 e. The van der Waals surface area contributed by atoms with E-state index in [9.17, 15) is 9.90 Å². The van der Waals surface area contributed by atoms with E-state index in [2.05, 4.69) is 53.5 Å². The van der Waals surface area contributed by atoms with Gasteiger partial charge in [0.25, 0.3) is 0 Å². The molecule has 1 aromatic carbocycles. The van der Waals surface area contributed by atoms with Gasteiger partial charge in [0, 0.05) is 29.8 Å². The molecular weight excluding hydrogens is 432 g/mol. The number of rotatable bonds is 6. The van der Waals surface area contributed by atoms with Gasteiger partial charge in [0.05, 0.1) is 23.3 Å². The van der Waals surface area contributed by atoms with E-state index >= 15 is 0 Å². The third-order valence-corrected chi connectivity index (χ3v) is 6.60. The second kappa shape index (κ2) is 8.98. The van der Waals surface area contributed by atoms with Crippen molar-refractivity contribution in [3.63, 3.8) is 0 Å². The molecule has 2 aromatic heterocycles. The quantitative estimate of drug-likeness (QED) is 0.495. The molecule has 1 aliphatic rings. The number of hydrogen-bond donors (Lipinski definition) is 2. The highest BCUT2D eigenvalue weighted by Crippen LogP contribution is 2.42. The summed E-state index contributed by atoms with van der Waals surface area (Å²) >= 11 is 5.77. The van der Waals surface area contributed by atoms with Crippen molar-refractivity contribution in [3.05, 3.63) is 82.4 Å². The van der Waals surface area contributed by atoms with E-state index in [0.29, 0.717) is 5.92 Å². The molecule has 0 bridgehead atoms. The third-order valence-electron chi connectivity index (χ3n) is 6.25. The number of carboxylic acid groups (broad SMARTS) is 1. The summed E-state index contributed by atoms with van der Waals surface area (Å²) in [6, 6.07) is 13.3. The summed E-state index contributed by atoms with van der Waals surface area (Å²) in [6.45, 7) is 11.4. The molecule has 6 nitrogen and oxygen atoms in total. The molecule has 172 valence electrons. The summed E-state index contributed by atoms with van der Waals surface area (Å²) in [4.78, 5) is 18.5. The zero-order chi connectivity index (χ0) is 23.9. The van der Waals surface area contributed by atoms with Crippen LogP contribution in [0.2, 0.25) is 0 Å². The molecule has 33 heavy (non-hydrogen) atoms.